The molecule has 0 radical (unpaired) electrons. The molecule has 11 nitrogen and oxygen atoms in total. The van der Waals surface area contributed by atoms with Gasteiger partial charge in [-0.15, -0.1) is 5.11 Å². The number of non-ortho nitro benzene ring substituents is 1. The third-order valence-electron chi connectivity index (χ3n) is 6.18. The SMILES string of the molecule is Cc1cc(N(C)CCCN2C(=O)c3ccccc3C2=O)ccc1N=Nc1c(C#N)cc([N+](=O)[O-])cc1C#N. The maximum absolute atomic E-state index is 12.5. The monoisotopic (exact) mass is 507 g/mol. The van der Waals surface area contributed by atoms with Gasteiger partial charge in [0.15, 0.2) is 0 Å². The van der Waals surface area contributed by atoms with Crippen LogP contribution in [-0.2, 0) is 0 Å². The van der Waals surface area contributed by atoms with Crippen molar-refractivity contribution in [1.82, 2.24) is 4.90 Å². The highest BCUT2D eigenvalue weighted by molar-refractivity contribution is 6.21. The summed E-state index contributed by atoms with van der Waals surface area (Å²) in [6.07, 6.45) is 0.580. The van der Waals surface area contributed by atoms with Crippen LogP contribution < -0.4 is 4.90 Å². The second-order valence-corrected chi connectivity index (χ2v) is 8.62. The van der Waals surface area contributed by atoms with Gasteiger partial charge in [0.2, 0.25) is 0 Å². The zero-order valence-corrected chi connectivity index (χ0v) is 20.6. The van der Waals surface area contributed by atoms with Crippen molar-refractivity contribution in [2.75, 3.05) is 25.0 Å². The van der Waals surface area contributed by atoms with Crippen molar-refractivity contribution in [3.05, 3.63) is 92.5 Å². The molecule has 1 aliphatic heterocycles. The number of fused-ring (bicyclic) bond motifs is 1. The van der Waals surface area contributed by atoms with Crippen LogP contribution in [0.5, 0.6) is 0 Å². The molecular formula is C27H21N7O4. The number of amides is 2. The molecule has 38 heavy (non-hydrogen) atoms. The summed E-state index contributed by atoms with van der Waals surface area (Å²) in [5, 5.41) is 38.0. The summed E-state index contributed by atoms with van der Waals surface area (Å²) in [5.41, 5.74) is 2.38. The molecule has 0 atom stereocenters. The Morgan fingerprint density at radius 2 is 1.58 bits per heavy atom. The second-order valence-electron chi connectivity index (χ2n) is 8.62. The number of imide groups is 1. The lowest BCUT2D eigenvalue weighted by atomic mass is 10.1. The zero-order chi connectivity index (χ0) is 27.4. The summed E-state index contributed by atoms with van der Waals surface area (Å²) >= 11 is 0. The molecule has 0 spiro atoms. The van der Waals surface area contributed by atoms with E-state index >= 15 is 0 Å². The van der Waals surface area contributed by atoms with E-state index < -0.39 is 4.92 Å². The Hall–Kier alpha value is -5.42. The number of hydrogen-bond donors (Lipinski definition) is 0. The zero-order valence-electron chi connectivity index (χ0n) is 20.6. The van der Waals surface area contributed by atoms with Crippen LogP contribution in [0.15, 0.2) is 64.8 Å². The van der Waals surface area contributed by atoms with Crippen molar-refractivity contribution in [1.29, 1.82) is 10.5 Å². The molecule has 0 fully saturated rings. The number of nitriles is 2. The van der Waals surface area contributed by atoms with Crippen molar-refractivity contribution in [3.8, 4) is 12.1 Å². The van der Waals surface area contributed by atoms with Gasteiger partial charge in [-0.3, -0.25) is 24.6 Å². The molecule has 11 heteroatoms. The molecule has 0 saturated carbocycles. The lowest BCUT2D eigenvalue weighted by molar-refractivity contribution is -0.384. The van der Waals surface area contributed by atoms with Gasteiger partial charge in [-0.2, -0.15) is 15.6 Å². The Bertz CT molecular complexity index is 1510. The first-order chi connectivity index (χ1) is 18.2. The molecule has 0 bridgehead atoms. The van der Waals surface area contributed by atoms with Crippen LogP contribution >= 0.6 is 0 Å². The van der Waals surface area contributed by atoms with E-state index in [1.54, 1.807) is 30.3 Å². The molecule has 1 heterocycles. The quantitative estimate of drug-likeness (QED) is 0.176. The average molecular weight is 508 g/mol. The van der Waals surface area contributed by atoms with Crippen molar-refractivity contribution in [2.45, 2.75) is 13.3 Å². The Balaban J connectivity index is 1.43. The number of hydrogen-bond acceptors (Lipinski definition) is 9. The summed E-state index contributed by atoms with van der Waals surface area (Å²) in [4.78, 5) is 38.7. The molecule has 3 aromatic rings. The van der Waals surface area contributed by atoms with Gasteiger partial charge < -0.3 is 4.90 Å². The third-order valence-corrected chi connectivity index (χ3v) is 6.18. The van der Waals surface area contributed by atoms with Crippen LogP contribution in [0.4, 0.5) is 22.7 Å². The topological polar surface area (TPSA) is 156 Å². The minimum Gasteiger partial charge on any atom is -0.375 e. The lowest BCUT2D eigenvalue weighted by Gasteiger charge is -2.21. The van der Waals surface area contributed by atoms with E-state index in [0.29, 0.717) is 36.3 Å². The molecule has 3 aromatic carbocycles. The average Bonchev–Trinajstić information content (AvgIpc) is 3.16. The minimum absolute atomic E-state index is 0.0330. The van der Waals surface area contributed by atoms with Gasteiger partial charge in [-0.05, 0) is 49.2 Å². The predicted molar refractivity (Wildman–Crippen MR) is 138 cm³/mol. The summed E-state index contributed by atoms with van der Waals surface area (Å²) in [7, 11) is 1.90. The number of nitro groups is 1. The number of benzene rings is 3. The number of anilines is 1. The fourth-order valence-electron chi connectivity index (χ4n) is 4.13. The standard InChI is InChI=1S/C27H21N7O4/c1-17-12-20(32(2)10-5-11-33-26(35)22-6-3-4-7-23(22)27(33)36)8-9-24(17)30-31-25-18(15-28)13-21(34(37)38)14-19(25)16-29/h3-4,6-9,12-14H,5,10-11H2,1-2H3. The van der Waals surface area contributed by atoms with Gasteiger partial charge in [-0.1, -0.05) is 12.1 Å². The maximum Gasteiger partial charge on any atom is 0.272 e. The van der Waals surface area contributed by atoms with E-state index in [-0.39, 0.29) is 34.3 Å². The van der Waals surface area contributed by atoms with Crippen LogP contribution in [0, 0.1) is 39.7 Å². The molecule has 188 valence electrons. The van der Waals surface area contributed by atoms with Crippen molar-refractivity contribution < 1.29 is 14.5 Å². The summed E-state index contributed by atoms with van der Waals surface area (Å²) < 4.78 is 0. The Kier molecular flexibility index (Phi) is 7.21. The fraction of sp³-hybridized carbons (Fsp3) is 0.185. The molecule has 0 aromatic heterocycles. The first-order valence-electron chi connectivity index (χ1n) is 11.6. The summed E-state index contributed by atoms with van der Waals surface area (Å²) in [6.45, 7) is 2.73. The number of azo groups is 1. The number of nitrogens with zero attached hydrogens (tertiary/aromatic N) is 7. The summed E-state index contributed by atoms with van der Waals surface area (Å²) in [5.74, 6) is -0.545. The molecule has 0 N–H and O–H groups in total. The van der Waals surface area contributed by atoms with Gasteiger partial charge in [-0.25, -0.2) is 0 Å². The first-order valence-corrected chi connectivity index (χ1v) is 11.6. The molecule has 0 saturated heterocycles. The van der Waals surface area contributed by atoms with Gasteiger partial charge in [0.1, 0.15) is 17.8 Å². The molecule has 2 amide bonds. The van der Waals surface area contributed by atoms with E-state index in [0.717, 1.165) is 23.4 Å². The fourth-order valence-corrected chi connectivity index (χ4v) is 4.13. The Labute approximate surface area is 218 Å². The molecule has 4 rings (SSSR count). The Morgan fingerprint density at radius 3 is 2.11 bits per heavy atom. The highest BCUT2D eigenvalue weighted by Gasteiger charge is 2.34. The second kappa shape index (κ2) is 10.7. The highest BCUT2D eigenvalue weighted by Crippen LogP contribution is 2.32. The first kappa shape index (κ1) is 25.7. The van der Waals surface area contributed by atoms with Gasteiger partial charge >= 0.3 is 0 Å². The van der Waals surface area contributed by atoms with Crippen LogP contribution in [0.3, 0.4) is 0 Å². The predicted octanol–water partition coefficient (Wildman–Crippen LogP) is 5.18. The molecule has 0 aliphatic carbocycles. The maximum atomic E-state index is 12.5. The smallest absolute Gasteiger partial charge is 0.272 e. The largest absolute Gasteiger partial charge is 0.375 e. The van der Waals surface area contributed by atoms with E-state index in [9.17, 15) is 30.2 Å². The van der Waals surface area contributed by atoms with Crippen LogP contribution in [0.25, 0.3) is 0 Å². The van der Waals surface area contributed by atoms with Crippen LogP contribution in [-0.4, -0.2) is 41.8 Å². The lowest BCUT2D eigenvalue weighted by Crippen LogP contribution is -2.32. The van der Waals surface area contributed by atoms with Gasteiger partial charge in [0.05, 0.1) is 32.9 Å². The number of carbonyl (C=O) groups is 2. The van der Waals surface area contributed by atoms with Gasteiger partial charge in [0.25, 0.3) is 17.5 Å². The van der Waals surface area contributed by atoms with E-state index in [1.165, 1.54) is 4.90 Å². The number of nitro benzene ring substituents is 1. The minimum atomic E-state index is -0.679. The van der Waals surface area contributed by atoms with Crippen LogP contribution in [0.1, 0.15) is 43.8 Å². The number of carbonyl (C=O) groups excluding carboxylic acids is 2. The summed E-state index contributed by atoms with van der Waals surface area (Å²) in [6, 6.07) is 18.0. The van der Waals surface area contributed by atoms with Crippen LogP contribution in [0.2, 0.25) is 0 Å². The van der Waals surface area contributed by atoms with Crippen molar-refractivity contribution in [2.24, 2.45) is 10.2 Å². The molecule has 0 unspecified atom stereocenters. The molecular weight excluding hydrogens is 486 g/mol. The number of aryl methyl sites for hydroxylation is 1. The van der Waals surface area contributed by atoms with Crippen molar-refractivity contribution >= 4 is 34.6 Å². The van der Waals surface area contributed by atoms with E-state index in [2.05, 4.69) is 10.2 Å². The Morgan fingerprint density at radius 1 is 0.974 bits per heavy atom. The van der Waals surface area contributed by atoms with Crippen molar-refractivity contribution in [3.63, 3.8) is 0 Å². The van der Waals surface area contributed by atoms with E-state index in [1.807, 2.05) is 43.1 Å². The normalized spacial score (nSPS) is 12.4. The third kappa shape index (κ3) is 4.94. The van der Waals surface area contributed by atoms with Gasteiger partial charge in [0, 0.05) is 38.0 Å². The van der Waals surface area contributed by atoms with E-state index in [4.69, 9.17) is 0 Å². The molecule has 1 aliphatic rings. The number of rotatable bonds is 8. The highest BCUT2D eigenvalue weighted by atomic mass is 16.6.